The van der Waals surface area contributed by atoms with E-state index >= 15 is 0 Å². The monoisotopic (exact) mass is 452 g/mol. The Morgan fingerprint density at radius 2 is 2.06 bits per heavy atom. The number of hydrogen-bond donors (Lipinski definition) is 2. The number of allylic oxidation sites excluding steroid dienone is 1. The van der Waals surface area contributed by atoms with Crippen LogP contribution < -0.4 is 5.32 Å². The zero-order valence-corrected chi connectivity index (χ0v) is 19.7. The van der Waals surface area contributed by atoms with Gasteiger partial charge in [-0.1, -0.05) is 11.6 Å². The van der Waals surface area contributed by atoms with Crippen molar-refractivity contribution in [2.24, 2.45) is 5.41 Å². The second-order valence-corrected chi connectivity index (χ2v) is 10.2. The molecule has 1 aromatic carbocycles. The van der Waals surface area contributed by atoms with Crippen molar-refractivity contribution in [3.63, 3.8) is 0 Å². The van der Waals surface area contributed by atoms with E-state index in [2.05, 4.69) is 10.2 Å². The highest BCUT2D eigenvalue weighted by molar-refractivity contribution is 5.93. The molecule has 3 aliphatic heterocycles. The number of nitrogens with zero attached hydrogens (tertiary/aromatic N) is 1. The predicted octanol–water partition coefficient (Wildman–Crippen LogP) is 3.64. The highest BCUT2D eigenvalue weighted by Gasteiger charge is 2.68. The Labute approximate surface area is 194 Å². The standard InChI is InChI=1S/C26H32N2O5/c1-15(2)12-21(30)33-16(3)25-8-5-10-28-11-9-26(24(25)28)19-7-6-17(29)13-20(19)27-22(26)18(14-25)23(31)32-4/h6-7,12-13,16,24,27,29H,5,8-11,14H2,1-4H3. The van der Waals surface area contributed by atoms with Crippen molar-refractivity contribution < 1.29 is 24.2 Å². The molecular formula is C26H32N2O5. The maximum atomic E-state index is 13.1. The number of benzene rings is 1. The highest BCUT2D eigenvalue weighted by Crippen LogP contribution is 2.65. The smallest absolute Gasteiger partial charge is 0.335 e. The van der Waals surface area contributed by atoms with Crippen LogP contribution in [-0.2, 0) is 24.5 Å². The van der Waals surface area contributed by atoms with Gasteiger partial charge in [-0.2, -0.15) is 0 Å². The van der Waals surface area contributed by atoms with Gasteiger partial charge in [-0.3, -0.25) is 4.90 Å². The van der Waals surface area contributed by atoms with Crippen molar-refractivity contribution in [1.82, 2.24) is 4.90 Å². The molecule has 2 fully saturated rings. The quantitative estimate of drug-likeness (QED) is 0.533. The van der Waals surface area contributed by atoms with Crippen molar-refractivity contribution in [3.8, 4) is 5.75 Å². The van der Waals surface area contributed by atoms with Crippen LogP contribution in [0, 0.1) is 5.41 Å². The summed E-state index contributed by atoms with van der Waals surface area (Å²) in [4.78, 5) is 28.3. The zero-order valence-electron chi connectivity index (χ0n) is 19.7. The fourth-order valence-electron chi connectivity index (χ4n) is 7.07. The topological polar surface area (TPSA) is 88.1 Å². The van der Waals surface area contributed by atoms with Gasteiger partial charge < -0.3 is 19.9 Å². The molecule has 1 aliphatic carbocycles. The van der Waals surface area contributed by atoms with E-state index in [0.29, 0.717) is 12.0 Å². The van der Waals surface area contributed by atoms with Crippen LogP contribution in [0.3, 0.4) is 0 Å². The molecule has 33 heavy (non-hydrogen) atoms. The van der Waals surface area contributed by atoms with Crippen molar-refractivity contribution >= 4 is 17.6 Å². The number of carbonyl (C=O) groups excluding carboxylic acids is 2. The third-order valence-corrected chi connectivity index (χ3v) is 8.20. The Bertz CT molecular complexity index is 1090. The molecule has 4 unspecified atom stereocenters. The minimum atomic E-state index is -0.428. The molecule has 3 heterocycles. The number of hydrogen-bond acceptors (Lipinski definition) is 7. The van der Waals surface area contributed by atoms with Crippen LogP contribution in [-0.4, -0.2) is 54.3 Å². The molecule has 2 N–H and O–H groups in total. The Morgan fingerprint density at radius 1 is 1.27 bits per heavy atom. The number of phenolic OH excluding ortho intramolecular Hbond substituents is 1. The molecule has 0 radical (unpaired) electrons. The van der Waals surface area contributed by atoms with E-state index < -0.39 is 10.8 Å². The van der Waals surface area contributed by atoms with E-state index in [-0.39, 0.29) is 29.8 Å². The van der Waals surface area contributed by atoms with Gasteiger partial charge in [0.05, 0.1) is 18.1 Å². The van der Waals surface area contributed by atoms with Crippen molar-refractivity contribution in [1.29, 1.82) is 0 Å². The first kappa shape index (κ1) is 22.0. The van der Waals surface area contributed by atoms with Crippen molar-refractivity contribution in [3.05, 3.63) is 46.7 Å². The number of rotatable bonds is 4. The summed E-state index contributed by atoms with van der Waals surface area (Å²) < 4.78 is 11.3. The molecular weight excluding hydrogens is 420 g/mol. The first-order valence-electron chi connectivity index (χ1n) is 11.7. The summed E-state index contributed by atoms with van der Waals surface area (Å²) in [6.45, 7) is 7.62. The Balaban J connectivity index is 1.70. The summed E-state index contributed by atoms with van der Waals surface area (Å²) >= 11 is 0. The van der Waals surface area contributed by atoms with Crippen molar-refractivity contribution in [2.45, 2.75) is 64.0 Å². The lowest BCUT2D eigenvalue weighted by molar-refractivity contribution is -0.158. The Kier molecular flexibility index (Phi) is 5.08. The lowest BCUT2D eigenvalue weighted by atomic mass is 9.53. The minimum Gasteiger partial charge on any atom is -0.508 e. The van der Waals surface area contributed by atoms with Gasteiger partial charge in [-0.05, 0) is 71.2 Å². The number of anilines is 1. The largest absolute Gasteiger partial charge is 0.508 e. The lowest BCUT2D eigenvalue weighted by Gasteiger charge is -2.57. The Morgan fingerprint density at radius 3 is 2.79 bits per heavy atom. The fraction of sp³-hybridized carbons (Fsp3) is 0.538. The van der Waals surface area contributed by atoms with Gasteiger partial charge in [0.2, 0.25) is 0 Å². The maximum Gasteiger partial charge on any atom is 0.335 e. The molecule has 0 bridgehead atoms. The zero-order chi connectivity index (χ0) is 23.5. The number of piperidine rings is 1. The molecule has 0 amide bonds. The molecule has 1 aromatic rings. The number of ether oxygens (including phenoxy) is 2. The second-order valence-electron chi connectivity index (χ2n) is 10.2. The molecule has 1 spiro atoms. The molecule has 4 atom stereocenters. The summed E-state index contributed by atoms with van der Waals surface area (Å²) in [5, 5.41) is 13.6. The summed E-state index contributed by atoms with van der Waals surface area (Å²) in [5.41, 5.74) is 3.49. The van der Waals surface area contributed by atoms with E-state index in [4.69, 9.17) is 9.47 Å². The number of aromatic hydroxyl groups is 1. The number of phenols is 1. The van der Waals surface area contributed by atoms with Gasteiger partial charge in [0.1, 0.15) is 11.9 Å². The number of methoxy groups -OCH3 is 1. The van der Waals surface area contributed by atoms with E-state index in [1.165, 1.54) is 13.2 Å². The first-order valence-corrected chi connectivity index (χ1v) is 11.7. The van der Waals surface area contributed by atoms with Gasteiger partial charge in [-0.15, -0.1) is 0 Å². The number of esters is 2. The predicted molar refractivity (Wildman–Crippen MR) is 124 cm³/mol. The van der Waals surface area contributed by atoms with Gasteiger partial charge in [0.25, 0.3) is 0 Å². The van der Waals surface area contributed by atoms with Crippen LogP contribution in [0.5, 0.6) is 5.75 Å². The van der Waals surface area contributed by atoms with Crippen LogP contribution >= 0.6 is 0 Å². The fourth-order valence-corrected chi connectivity index (χ4v) is 7.07. The van der Waals surface area contributed by atoms with Crippen LogP contribution in [0.1, 0.15) is 52.0 Å². The van der Waals surface area contributed by atoms with Crippen LogP contribution in [0.25, 0.3) is 0 Å². The lowest BCUT2D eigenvalue weighted by Crippen LogP contribution is -2.64. The SMILES string of the molecule is COC(=O)C1=C2Nc3cc(O)ccc3C23CCN2CCCC(C(C)OC(=O)C=C(C)C)(C1)C23. The minimum absolute atomic E-state index is 0.0787. The summed E-state index contributed by atoms with van der Waals surface area (Å²) in [5.74, 6) is -0.505. The average molecular weight is 453 g/mol. The molecule has 0 saturated carbocycles. The van der Waals surface area contributed by atoms with E-state index in [1.807, 2.05) is 26.8 Å². The summed E-state index contributed by atoms with van der Waals surface area (Å²) in [7, 11) is 1.41. The van der Waals surface area contributed by atoms with Gasteiger partial charge in [-0.25, -0.2) is 9.59 Å². The van der Waals surface area contributed by atoms with Crippen LogP contribution in [0.2, 0.25) is 0 Å². The summed E-state index contributed by atoms with van der Waals surface area (Å²) in [6, 6.07) is 5.51. The van der Waals surface area contributed by atoms with E-state index in [9.17, 15) is 14.7 Å². The highest BCUT2D eigenvalue weighted by atomic mass is 16.5. The van der Waals surface area contributed by atoms with Gasteiger partial charge >= 0.3 is 11.9 Å². The van der Waals surface area contributed by atoms with E-state index in [1.54, 1.807) is 12.1 Å². The Hall–Kier alpha value is -2.80. The van der Waals surface area contributed by atoms with Crippen molar-refractivity contribution in [2.75, 3.05) is 25.5 Å². The molecule has 0 aromatic heterocycles. The van der Waals surface area contributed by atoms with Crippen LogP contribution in [0.15, 0.2) is 41.1 Å². The number of carbonyl (C=O) groups is 2. The first-order chi connectivity index (χ1) is 15.7. The molecule has 2 saturated heterocycles. The molecule has 7 heteroatoms. The van der Waals surface area contributed by atoms with Gasteiger partial charge in [0, 0.05) is 35.0 Å². The molecule has 7 nitrogen and oxygen atoms in total. The van der Waals surface area contributed by atoms with Gasteiger partial charge in [0.15, 0.2) is 0 Å². The third-order valence-electron chi connectivity index (χ3n) is 8.20. The number of nitrogens with one attached hydrogen (secondary N) is 1. The average Bonchev–Trinajstić information content (AvgIpc) is 3.31. The van der Waals surface area contributed by atoms with Crippen LogP contribution in [0.4, 0.5) is 5.69 Å². The summed E-state index contributed by atoms with van der Waals surface area (Å²) in [6.07, 6.45) is 4.32. The molecule has 176 valence electrons. The maximum absolute atomic E-state index is 13.1. The number of fused-ring (bicyclic) bond motifs is 1. The normalized spacial score (nSPS) is 30.5. The molecule has 5 rings (SSSR count). The second kappa shape index (κ2) is 7.62. The molecule has 4 aliphatic rings. The third kappa shape index (κ3) is 3.05. The van der Waals surface area contributed by atoms with E-state index in [0.717, 1.165) is 54.9 Å².